The summed E-state index contributed by atoms with van der Waals surface area (Å²) < 4.78 is 22.7. The van der Waals surface area contributed by atoms with Crippen molar-refractivity contribution < 1.29 is 13.2 Å². The van der Waals surface area contributed by atoms with E-state index in [0.29, 0.717) is 27.7 Å². The SMILES string of the molecule is C/C(=N/NC(=O)[C@@H]1CCS(=O)(=O)C1)c1ccc(Cl)cc1Cl. The Labute approximate surface area is 133 Å². The van der Waals surface area contributed by atoms with Crippen molar-refractivity contribution in [2.24, 2.45) is 11.0 Å². The maximum Gasteiger partial charge on any atom is 0.244 e. The van der Waals surface area contributed by atoms with Gasteiger partial charge in [0.05, 0.1) is 28.2 Å². The number of amides is 1. The fraction of sp³-hybridized carbons (Fsp3) is 0.385. The summed E-state index contributed by atoms with van der Waals surface area (Å²) in [5.41, 5.74) is 3.57. The van der Waals surface area contributed by atoms with Crippen molar-refractivity contribution in [2.75, 3.05) is 11.5 Å². The zero-order chi connectivity index (χ0) is 15.6. The first kappa shape index (κ1) is 16.3. The van der Waals surface area contributed by atoms with E-state index in [1.807, 2.05) is 0 Å². The van der Waals surface area contributed by atoms with Crippen LogP contribution in [0.4, 0.5) is 0 Å². The van der Waals surface area contributed by atoms with Crippen molar-refractivity contribution in [3.63, 3.8) is 0 Å². The predicted molar refractivity (Wildman–Crippen MR) is 83.6 cm³/mol. The number of nitrogens with zero attached hydrogens (tertiary/aromatic N) is 1. The van der Waals surface area contributed by atoms with Crippen LogP contribution in [0.15, 0.2) is 23.3 Å². The van der Waals surface area contributed by atoms with Gasteiger partial charge < -0.3 is 0 Å². The molecule has 1 amide bonds. The summed E-state index contributed by atoms with van der Waals surface area (Å²) in [6.07, 6.45) is 0.338. The summed E-state index contributed by atoms with van der Waals surface area (Å²) in [6, 6.07) is 4.96. The molecule has 2 rings (SSSR count). The molecular weight excluding hydrogens is 335 g/mol. The summed E-state index contributed by atoms with van der Waals surface area (Å²) in [6.45, 7) is 1.70. The van der Waals surface area contributed by atoms with Crippen molar-refractivity contribution in [1.82, 2.24) is 5.43 Å². The molecule has 1 atom stereocenters. The van der Waals surface area contributed by atoms with Crippen LogP contribution in [0, 0.1) is 5.92 Å². The van der Waals surface area contributed by atoms with Gasteiger partial charge >= 0.3 is 0 Å². The molecule has 5 nitrogen and oxygen atoms in total. The highest BCUT2D eigenvalue weighted by Gasteiger charge is 2.32. The molecule has 1 saturated heterocycles. The van der Waals surface area contributed by atoms with Gasteiger partial charge in [-0.15, -0.1) is 0 Å². The van der Waals surface area contributed by atoms with Gasteiger partial charge in [0.2, 0.25) is 5.91 Å². The molecule has 0 radical (unpaired) electrons. The third kappa shape index (κ3) is 4.18. The van der Waals surface area contributed by atoms with Gasteiger partial charge in [-0.1, -0.05) is 29.3 Å². The molecule has 1 aliphatic rings. The Morgan fingerprint density at radius 1 is 1.38 bits per heavy atom. The minimum absolute atomic E-state index is 0.0524. The first-order chi connectivity index (χ1) is 9.78. The van der Waals surface area contributed by atoms with Crippen LogP contribution in [0.3, 0.4) is 0 Å². The second-order valence-electron chi connectivity index (χ2n) is 4.90. The van der Waals surface area contributed by atoms with Gasteiger partial charge in [0.1, 0.15) is 0 Å². The van der Waals surface area contributed by atoms with Crippen LogP contribution in [0.2, 0.25) is 10.0 Å². The first-order valence-electron chi connectivity index (χ1n) is 6.28. The van der Waals surface area contributed by atoms with Crippen molar-refractivity contribution in [3.8, 4) is 0 Å². The standard InChI is InChI=1S/C13H14Cl2N2O3S/c1-8(11-3-2-10(14)6-12(11)15)16-17-13(18)9-4-5-21(19,20)7-9/h2-3,6,9H,4-5,7H2,1H3,(H,17,18)/b16-8-/t9-/m1/s1. The van der Waals surface area contributed by atoms with E-state index in [9.17, 15) is 13.2 Å². The zero-order valence-electron chi connectivity index (χ0n) is 11.3. The summed E-state index contributed by atoms with van der Waals surface area (Å²) >= 11 is 11.9. The Bertz CT molecular complexity index is 701. The number of benzene rings is 1. The molecule has 0 saturated carbocycles. The highest BCUT2D eigenvalue weighted by molar-refractivity contribution is 7.91. The lowest BCUT2D eigenvalue weighted by molar-refractivity contribution is -0.124. The Kier molecular flexibility index (Phi) is 4.91. The molecule has 1 aromatic carbocycles. The van der Waals surface area contributed by atoms with Crippen LogP contribution < -0.4 is 5.43 Å². The second-order valence-corrected chi connectivity index (χ2v) is 7.97. The summed E-state index contributed by atoms with van der Waals surface area (Å²) in [5, 5.41) is 4.91. The fourth-order valence-corrected chi connectivity index (χ4v) is 4.36. The average molecular weight is 349 g/mol. The van der Waals surface area contributed by atoms with Gasteiger partial charge in [-0.3, -0.25) is 4.79 Å². The third-order valence-electron chi connectivity index (χ3n) is 3.26. The molecule has 1 N–H and O–H groups in total. The van der Waals surface area contributed by atoms with E-state index < -0.39 is 15.8 Å². The summed E-state index contributed by atoms with van der Waals surface area (Å²) in [5.74, 6) is -0.987. The minimum atomic E-state index is -3.09. The topological polar surface area (TPSA) is 75.6 Å². The molecule has 21 heavy (non-hydrogen) atoms. The lowest BCUT2D eigenvalue weighted by Gasteiger charge is -2.08. The molecule has 0 unspecified atom stereocenters. The van der Waals surface area contributed by atoms with E-state index in [4.69, 9.17) is 23.2 Å². The van der Waals surface area contributed by atoms with Crippen LogP contribution in [-0.4, -0.2) is 31.5 Å². The van der Waals surface area contributed by atoms with E-state index in [-0.39, 0.29) is 17.4 Å². The van der Waals surface area contributed by atoms with Crippen molar-refractivity contribution in [2.45, 2.75) is 13.3 Å². The molecule has 1 aromatic rings. The number of hydrogen-bond acceptors (Lipinski definition) is 4. The number of sulfone groups is 1. The van der Waals surface area contributed by atoms with Gasteiger partial charge in [0.15, 0.2) is 9.84 Å². The number of carbonyl (C=O) groups is 1. The van der Waals surface area contributed by atoms with Gasteiger partial charge in [0.25, 0.3) is 0 Å². The molecular formula is C13H14Cl2N2O3S. The van der Waals surface area contributed by atoms with Gasteiger partial charge in [-0.25, -0.2) is 13.8 Å². The van der Waals surface area contributed by atoms with Crippen LogP contribution in [0.5, 0.6) is 0 Å². The fourth-order valence-electron chi connectivity index (χ4n) is 2.08. The lowest BCUT2D eigenvalue weighted by atomic mass is 10.1. The molecule has 1 fully saturated rings. The van der Waals surface area contributed by atoms with E-state index in [1.165, 1.54) is 0 Å². The predicted octanol–water partition coefficient (Wildman–Crippen LogP) is 2.27. The number of rotatable bonds is 3. The van der Waals surface area contributed by atoms with Crippen molar-refractivity contribution in [1.29, 1.82) is 0 Å². The van der Waals surface area contributed by atoms with Crippen LogP contribution >= 0.6 is 23.2 Å². The van der Waals surface area contributed by atoms with Crippen molar-refractivity contribution in [3.05, 3.63) is 33.8 Å². The smallest absolute Gasteiger partial charge is 0.244 e. The third-order valence-corrected chi connectivity index (χ3v) is 5.57. The number of nitrogens with one attached hydrogen (secondary N) is 1. The van der Waals surface area contributed by atoms with E-state index in [2.05, 4.69) is 10.5 Å². The summed E-state index contributed by atoms with van der Waals surface area (Å²) in [4.78, 5) is 11.9. The molecule has 0 aliphatic carbocycles. The summed E-state index contributed by atoms with van der Waals surface area (Å²) in [7, 11) is -3.09. The second kappa shape index (κ2) is 6.34. The number of halogens is 2. The number of hydrogen-bond donors (Lipinski definition) is 1. The molecule has 8 heteroatoms. The van der Waals surface area contributed by atoms with E-state index >= 15 is 0 Å². The molecule has 1 aliphatic heterocycles. The molecule has 1 heterocycles. The highest BCUT2D eigenvalue weighted by Crippen LogP contribution is 2.22. The molecule has 0 aromatic heterocycles. The molecule has 114 valence electrons. The monoisotopic (exact) mass is 348 g/mol. The van der Waals surface area contributed by atoms with Crippen LogP contribution in [-0.2, 0) is 14.6 Å². The maximum absolute atomic E-state index is 11.9. The van der Waals surface area contributed by atoms with Crippen LogP contribution in [0.1, 0.15) is 18.9 Å². The van der Waals surface area contributed by atoms with Gasteiger partial charge in [-0.05, 0) is 25.5 Å². The van der Waals surface area contributed by atoms with Gasteiger partial charge in [0, 0.05) is 10.6 Å². The maximum atomic E-state index is 11.9. The Hall–Kier alpha value is -1.11. The first-order valence-corrected chi connectivity index (χ1v) is 8.86. The number of hydrazone groups is 1. The highest BCUT2D eigenvalue weighted by atomic mass is 35.5. The average Bonchev–Trinajstić information content (AvgIpc) is 2.76. The van der Waals surface area contributed by atoms with Gasteiger partial charge in [-0.2, -0.15) is 5.10 Å². The Morgan fingerprint density at radius 2 is 2.10 bits per heavy atom. The normalized spacial score (nSPS) is 21.3. The quantitative estimate of drug-likeness (QED) is 0.672. The van der Waals surface area contributed by atoms with E-state index in [0.717, 1.165) is 0 Å². The minimum Gasteiger partial charge on any atom is -0.273 e. The Balaban J connectivity index is 2.05. The molecule has 0 bridgehead atoms. The van der Waals surface area contributed by atoms with Crippen LogP contribution in [0.25, 0.3) is 0 Å². The lowest BCUT2D eigenvalue weighted by Crippen LogP contribution is -2.28. The zero-order valence-corrected chi connectivity index (χ0v) is 13.6. The largest absolute Gasteiger partial charge is 0.273 e. The van der Waals surface area contributed by atoms with E-state index in [1.54, 1.807) is 25.1 Å². The Morgan fingerprint density at radius 3 is 2.67 bits per heavy atom. The molecule has 0 spiro atoms. The number of carbonyl (C=O) groups excluding carboxylic acids is 1. The van der Waals surface area contributed by atoms with Crippen molar-refractivity contribution >= 4 is 44.7 Å².